The molecule has 54 heavy (non-hydrogen) atoms. The first-order chi connectivity index (χ1) is 26.4. The molecule has 0 saturated carbocycles. The lowest BCUT2D eigenvalue weighted by Gasteiger charge is -2.37. The molecule has 5 aliphatic rings. The summed E-state index contributed by atoms with van der Waals surface area (Å²) in [4.78, 5) is 2.51. The van der Waals surface area contributed by atoms with Crippen LogP contribution in [0.5, 0.6) is 0 Å². The van der Waals surface area contributed by atoms with Crippen molar-refractivity contribution < 1.29 is 0 Å². The van der Waals surface area contributed by atoms with Gasteiger partial charge in [0, 0.05) is 34.3 Å². The molecule has 0 aliphatic heterocycles. The van der Waals surface area contributed by atoms with E-state index in [2.05, 4.69) is 196 Å². The standard InChI is InChI=1S/C53H43N/c1-34-20-22-35(23-21-34)36-24-26-37(27-25-36)54(38-28-30-44-40-12-4-8-16-46(40)52(2,3)50(44)32-38)39-29-31-45-43-15-7-11-19-49(43)53(51(45)33-39)47-17-9-5-13-41(47)42-14-6-10-18-48(42)53/h5-11,13-33,41,47H,4,12H2,1-3H3. The maximum absolute atomic E-state index is 2.54. The fourth-order valence-corrected chi connectivity index (χ4v) is 10.9. The lowest BCUT2D eigenvalue weighted by atomic mass is 9.65. The van der Waals surface area contributed by atoms with E-state index in [9.17, 15) is 0 Å². The van der Waals surface area contributed by atoms with Crippen molar-refractivity contribution in [2.45, 2.75) is 50.4 Å². The van der Waals surface area contributed by atoms with Gasteiger partial charge in [0.1, 0.15) is 0 Å². The predicted octanol–water partition coefficient (Wildman–Crippen LogP) is 13.7. The molecule has 6 aromatic rings. The van der Waals surface area contributed by atoms with Crippen LogP contribution in [0.25, 0.3) is 27.8 Å². The Morgan fingerprint density at radius 3 is 2.00 bits per heavy atom. The second kappa shape index (κ2) is 11.5. The maximum atomic E-state index is 2.54. The van der Waals surface area contributed by atoms with Crippen LogP contribution in [0.2, 0.25) is 0 Å². The number of rotatable bonds is 4. The van der Waals surface area contributed by atoms with Crippen molar-refractivity contribution in [3.8, 4) is 22.3 Å². The summed E-state index contributed by atoms with van der Waals surface area (Å²) in [6, 6.07) is 51.1. The minimum Gasteiger partial charge on any atom is -0.310 e. The highest BCUT2D eigenvalue weighted by atomic mass is 15.1. The predicted molar refractivity (Wildman–Crippen MR) is 226 cm³/mol. The van der Waals surface area contributed by atoms with Crippen molar-refractivity contribution in [3.63, 3.8) is 0 Å². The molecule has 1 spiro atoms. The quantitative estimate of drug-likeness (QED) is 0.178. The number of hydrogen-bond donors (Lipinski definition) is 0. The Hall–Kier alpha value is -5.92. The highest BCUT2D eigenvalue weighted by Crippen LogP contribution is 2.65. The third kappa shape index (κ3) is 4.27. The Kier molecular flexibility index (Phi) is 6.75. The van der Waals surface area contributed by atoms with Crippen molar-refractivity contribution >= 4 is 22.6 Å². The highest BCUT2D eigenvalue weighted by Gasteiger charge is 2.57. The summed E-state index contributed by atoms with van der Waals surface area (Å²) in [6.07, 6.45) is 16.4. The van der Waals surface area contributed by atoms with Crippen LogP contribution < -0.4 is 4.90 Å². The van der Waals surface area contributed by atoms with Gasteiger partial charge in [-0.05, 0) is 123 Å². The van der Waals surface area contributed by atoms with Gasteiger partial charge in [0.05, 0.1) is 5.41 Å². The summed E-state index contributed by atoms with van der Waals surface area (Å²) in [7, 11) is 0. The number of anilines is 3. The number of nitrogens with zero attached hydrogens (tertiary/aromatic N) is 1. The van der Waals surface area contributed by atoms with Gasteiger partial charge in [0.2, 0.25) is 0 Å². The molecule has 11 rings (SSSR count). The number of allylic oxidation sites excluding steroid dienone is 8. The molecule has 0 bridgehead atoms. The van der Waals surface area contributed by atoms with Gasteiger partial charge in [-0.15, -0.1) is 0 Å². The van der Waals surface area contributed by atoms with Gasteiger partial charge in [-0.3, -0.25) is 0 Å². The van der Waals surface area contributed by atoms with Crippen molar-refractivity contribution in [3.05, 3.63) is 214 Å². The summed E-state index contributed by atoms with van der Waals surface area (Å²) < 4.78 is 0. The molecule has 6 aromatic carbocycles. The van der Waals surface area contributed by atoms with Crippen LogP contribution in [0.3, 0.4) is 0 Å². The van der Waals surface area contributed by atoms with Crippen LogP contribution in [-0.4, -0.2) is 0 Å². The molecule has 1 heteroatoms. The first-order valence-corrected chi connectivity index (χ1v) is 19.7. The van der Waals surface area contributed by atoms with Crippen molar-refractivity contribution in [2.24, 2.45) is 5.92 Å². The van der Waals surface area contributed by atoms with Crippen LogP contribution in [0.15, 0.2) is 175 Å². The van der Waals surface area contributed by atoms with E-state index in [0.717, 1.165) is 18.5 Å². The van der Waals surface area contributed by atoms with Gasteiger partial charge in [0.15, 0.2) is 0 Å². The smallest absolute Gasteiger partial charge is 0.0538 e. The normalized spacial score (nSPS) is 21.8. The summed E-state index contributed by atoms with van der Waals surface area (Å²) in [5.41, 5.74) is 21.3. The van der Waals surface area contributed by atoms with Gasteiger partial charge >= 0.3 is 0 Å². The largest absolute Gasteiger partial charge is 0.310 e. The highest BCUT2D eigenvalue weighted by molar-refractivity contribution is 5.91. The lowest BCUT2D eigenvalue weighted by molar-refractivity contribution is 0.465. The monoisotopic (exact) mass is 693 g/mol. The Labute approximate surface area is 319 Å². The molecular formula is C53H43N. The van der Waals surface area contributed by atoms with E-state index >= 15 is 0 Å². The first kappa shape index (κ1) is 31.6. The Morgan fingerprint density at radius 1 is 0.574 bits per heavy atom. The number of aryl methyl sites for hydroxylation is 1. The summed E-state index contributed by atoms with van der Waals surface area (Å²) in [6.45, 7) is 6.96. The lowest BCUT2D eigenvalue weighted by Crippen LogP contribution is -2.33. The van der Waals surface area contributed by atoms with Gasteiger partial charge in [-0.25, -0.2) is 0 Å². The van der Waals surface area contributed by atoms with E-state index in [0.29, 0.717) is 11.8 Å². The molecule has 0 radical (unpaired) electrons. The minimum atomic E-state index is -0.277. The molecule has 0 fully saturated rings. The number of hydrogen-bond acceptors (Lipinski definition) is 1. The van der Waals surface area contributed by atoms with Crippen LogP contribution >= 0.6 is 0 Å². The molecule has 0 saturated heterocycles. The fraction of sp³-hybridized carbons (Fsp3) is 0.170. The first-order valence-electron chi connectivity index (χ1n) is 19.7. The van der Waals surface area contributed by atoms with Crippen molar-refractivity contribution in [2.75, 3.05) is 4.90 Å². The Morgan fingerprint density at radius 2 is 1.20 bits per heavy atom. The van der Waals surface area contributed by atoms with Gasteiger partial charge in [-0.2, -0.15) is 0 Å². The van der Waals surface area contributed by atoms with Gasteiger partial charge < -0.3 is 4.90 Å². The Balaban J connectivity index is 1.12. The van der Waals surface area contributed by atoms with Gasteiger partial charge in [0.25, 0.3) is 0 Å². The topological polar surface area (TPSA) is 3.24 Å². The number of fused-ring (bicyclic) bond motifs is 12. The van der Waals surface area contributed by atoms with E-state index in [1.807, 2.05) is 0 Å². The molecule has 5 aliphatic carbocycles. The molecule has 0 N–H and O–H groups in total. The molecule has 3 unspecified atom stereocenters. The number of benzene rings is 6. The zero-order chi connectivity index (χ0) is 36.2. The summed E-state index contributed by atoms with van der Waals surface area (Å²) in [5.74, 6) is 0.636. The Bertz CT molecular complexity index is 2640. The molecular weight excluding hydrogens is 651 g/mol. The van der Waals surface area contributed by atoms with Crippen LogP contribution in [0.4, 0.5) is 17.1 Å². The van der Waals surface area contributed by atoms with Gasteiger partial charge in [-0.1, -0.05) is 153 Å². The summed E-state index contributed by atoms with van der Waals surface area (Å²) in [5, 5.41) is 0. The molecule has 0 heterocycles. The van der Waals surface area contributed by atoms with Crippen LogP contribution in [0, 0.1) is 12.8 Å². The maximum Gasteiger partial charge on any atom is 0.0538 e. The average molecular weight is 694 g/mol. The fourth-order valence-electron chi connectivity index (χ4n) is 10.9. The second-order valence-electron chi connectivity index (χ2n) is 16.4. The SMILES string of the molecule is Cc1ccc(-c2ccc(N(c3ccc4c(c3)C(C)(C)C3=C4CCC=C3)c3ccc4c(c3)C3(c5ccccc5-4)c4ccccc4C4C=CC=CC43)cc2)cc1. The van der Waals surface area contributed by atoms with E-state index in [1.54, 1.807) is 0 Å². The van der Waals surface area contributed by atoms with E-state index in [1.165, 1.54) is 83.7 Å². The molecule has 260 valence electrons. The molecule has 1 nitrogen and oxygen atoms in total. The van der Waals surface area contributed by atoms with E-state index in [4.69, 9.17) is 0 Å². The minimum absolute atomic E-state index is 0.0500. The van der Waals surface area contributed by atoms with Crippen LogP contribution in [0.1, 0.15) is 71.6 Å². The zero-order valence-corrected chi connectivity index (χ0v) is 31.2. The van der Waals surface area contributed by atoms with Crippen molar-refractivity contribution in [1.29, 1.82) is 0 Å². The molecule has 0 aromatic heterocycles. The van der Waals surface area contributed by atoms with Crippen LogP contribution in [-0.2, 0) is 10.8 Å². The van der Waals surface area contributed by atoms with E-state index < -0.39 is 0 Å². The van der Waals surface area contributed by atoms with E-state index in [-0.39, 0.29) is 10.8 Å². The second-order valence-corrected chi connectivity index (χ2v) is 16.4. The zero-order valence-electron chi connectivity index (χ0n) is 31.2. The molecule has 3 atom stereocenters. The van der Waals surface area contributed by atoms with Crippen molar-refractivity contribution in [1.82, 2.24) is 0 Å². The molecule has 0 amide bonds. The third-order valence-electron chi connectivity index (χ3n) is 13.3. The third-order valence-corrected chi connectivity index (χ3v) is 13.3. The summed E-state index contributed by atoms with van der Waals surface area (Å²) >= 11 is 0. The average Bonchev–Trinajstić information content (AvgIpc) is 3.77.